The molecule has 166 valence electrons. The standard InChI is InChI=1S/C23H26ClN7O/c1-3-30-12-17-18(28-30)8-7-15(20(17)24)16-11-26-21-19(16)22(32)29(2)23(27-21)31-13-5-4-6-14(31)10-25-9-13/h7-8,11-14,25-26H,3-6,9-10H2,1-2H3. The third-order valence-electron chi connectivity index (χ3n) is 7.03. The van der Waals surface area contributed by atoms with E-state index in [9.17, 15) is 4.79 Å². The number of piperazine rings is 1. The van der Waals surface area contributed by atoms with Crippen LogP contribution in [-0.4, -0.2) is 49.5 Å². The number of hydrogen-bond acceptors (Lipinski definition) is 5. The molecule has 1 aromatic carbocycles. The summed E-state index contributed by atoms with van der Waals surface area (Å²) in [5, 5.41) is 10.1. The van der Waals surface area contributed by atoms with E-state index in [4.69, 9.17) is 16.6 Å². The van der Waals surface area contributed by atoms with Crippen LogP contribution in [0.4, 0.5) is 5.95 Å². The molecule has 2 aliphatic heterocycles. The number of benzene rings is 1. The molecule has 2 unspecified atom stereocenters. The highest BCUT2D eigenvalue weighted by molar-refractivity contribution is 6.38. The molecule has 2 atom stereocenters. The lowest BCUT2D eigenvalue weighted by atomic mass is 9.93. The van der Waals surface area contributed by atoms with Crippen molar-refractivity contribution in [3.63, 3.8) is 0 Å². The summed E-state index contributed by atoms with van der Waals surface area (Å²) in [7, 11) is 1.83. The summed E-state index contributed by atoms with van der Waals surface area (Å²) in [6, 6.07) is 4.64. The molecule has 8 nitrogen and oxygen atoms in total. The van der Waals surface area contributed by atoms with Gasteiger partial charge in [0.05, 0.1) is 15.9 Å². The van der Waals surface area contributed by atoms with Gasteiger partial charge in [0.1, 0.15) is 5.65 Å². The molecule has 4 aromatic rings. The number of aromatic nitrogens is 5. The normalized spacial score (nSPS) is 21.0. The summed E-state index contributed by atoms with van der Waals surface area (Å²) < 4.78 is 3.57. The maximum atomic E-state index is 13.6. The second-order valence-electron chi connectivity index (χ2n) is 8.85. The lowest BCUT2D eigenvalue weighted by Crippen LogP contribution is -2.61. The smallest absolute Gasteiger partial charge is 0.264 e. The first-order valence-electron chi connectivity index (χ1n) is 11.3. The Hall–Kier alpha value is -2.84. The molecule has 2 fully saturated rings. The summed E-state index contributed by atoms with van der Waals surface area (Å²) >= 11 is 6.80. The van der Waals surface area contributed by atoms with Crippen molar-refractivity contribution in [3.05, 3.63) is 39.9 Å². The average Bonchev–Trinajstić information content (AvgIpc) is 3.40. The van der Waals surface area contributed by atoms with Gasteiger partial charge in [-0.2, -0.15) is 10.1 Å². The minimum atomic E-state index is -0.0572. The second-order valence-corrected chi connectivity index (χ2v) is 9.23. The SMILES string of the molecule is CCn1cc2c(Cl)c(-c3c[nH]c4nc(N5C6CCCC5CNC6)n(C)c(=O)c34)ccc2n1. The summed E-state index contributed by atoms with van der Waals surface area (Å²) in [4.78, 5) is 24.1. The zero-order valence-electron chi connectivity index (χ0n) is 18.2. The molecular formula is C23H26ClN7O. The molecule has 2 saturated heterocycles. The maximum Gasteiger partial charge on any atom is 0.264 e. The third-order valence-corrected chi connectivity index (χ3v) is 7.43. The van der Waals surface area contributed by atoms with Gasteiger partial charge >= 0.3 is 0 Å². The molecule has 0 aliphatic carbocycles. The van der Waals surface area contributed by atoms with Crippen LogP contribution >= 0.6 is 11.6 Å². The molecule has 0 amide bonds. The van der Waals surface area contributed by atoms with Gasteiger partial charge in [-0.05, 0) is 32.3 Å². The van der Waals surface area contributed by atoms with Crippen LogP contribution in [0.15, 0.2) is 29.3 Å². The largest absolute Gasteiger partial charge is 0.345 e. The van der Waals surface area contributed by atoms with E-state index in [0.29, 0.717) is 28.1 Å². The van der Waals surface area contributed by atoms with Crippen LogP contribution in [-0.2, 0) is 13.6 Å². The van der Waals surface area contributed by atoms with E-state index in [2.05, 4.69) is 20.3 Å². The van der Waals surface area contributed by atoms with E-state index in [1.807, 2.05) is 43.2 Å². The quantitative estimate of drug-likeness (QED) is 0.499. The summed E-state index contributed by atoms with van der Waals surface area (Å²) in [5.41, 5.74) is 2.98. The number of halogens is 1. The lowest BCUT2D eigenvalue weighted by Gasteiger charge is -2.47. The molecule has 0 spiro atoms. The first-order chi connectivity index (χ1) is 15.6. The molecule has 32 heavy (non-hydrogen) atoms. The van der Waals surface area contributed by atoms with Crippen LogP contribution in [0.25, 0.3) is 33.1 Å². The summed E-state index contributed by atoms with van der Waals surface area (Å²) in [5.74, 6) is 0.748. The van der Waals surface area contributed by atoms with Crippen molar-refractivity contribution in [2.24, 2.45) is 7.05 Å². The number of anilines is 1. The Labute approximate surface area is 190 Å². The first kappa shape index (κ1) is 19.8. The molecule has 2 N–H and O–H groups in total. The van der Waals surface area contributed by atoms with Crippen LogP contribution in [0.1, 0.15) is 26.2 Å². The van der Waals surface area contributed by atoms with Crippen LogP contribution in [0, 0.1) is 0 Å². The zero-order chi connectivity index (χ0) is 22.0. The van der Waals surface area contributed by atoms with Gasteiger partial charge in [-0.15, -0.1) is 0 Å². The Bertz CT molecular complexity index is 1380. The lowest BCUT2D eigenvalue weighted by molar-refractivity contribution is 0.305. The monoisotopic (exact) mass is 451 g/mol. The van der Waals surface area contributed by atoms with Crippen molar-refractivity contribution in [2.75, 3.05) is 18.0 Å². The number of aromatic amines is 1. The molecule has 0 saturated carbocycles. The third kappa shape index (κ3) is 2.82. The highest BCUT2D eigenvalue weighted by Crippen LogP contribution is 2.37. The van der Waals surface area contributed by atoms with Crippen molar-refractivity contribution < 1.29 is 0 Å². The number of nitrogens with zero attached hydrogens (tertiary/aromatic N) is 5. The van der Waals surface area contributed by atoms with Gasteiger partial charge in [0.15, 0.2) is 0 Å². The van der Waals surface area contributed by atoms with Crippen LogP contribution < -0.4 is 15.8 Å². The Morgan fingerprint density at radius 3 is 2.72 bits per heavy atom. The minimum Gasteiger partial charge on any atom is -0.345 e. The van der Waals surface area contributed by atoms with Gasteiger partial charge in [-0.3, -0.25) is 14.0 Å². The van der Waals surface area contributed by atoms with Crippen molar-refractivity contribution in [3.8, 4) is 11.1 Å². The number of H-pyrrole nitrogens is 1. The Morgan fingerprint density at radius 2 is 1.97 bits per heavy atom. The topological polar surface area (TPSA) is 83.8 Å². The predicted molar refractivity (Wildman–Crippen MR) is 128 cm³/mol. The fraction of sp³-hybridized carbons (Fsp3) is 0.435. The van der Waals surface area contributed by atoms with E-state index in [0.717, 1.165) is 60.5 Å². The number of rotatable bonds is 3. The van der Waals surface area contributed by atoms with Gasteiger partial charge in [-0.25, -0.2) is 0 Å². The molecule has 9 heteroatoms. The fourth-order valence-electron chi connectivity index (χ4n) is 5.38. The fourth-order valence-corrected chi connectivity index (χ4v) is 5.69. The van der Waals surface area contributed by atoms with E-state index >= 15 is 0 Å². The van der Waals surface area contributed by atoms with E-state index in [1.165, 1.54) is 6.42 Å². The predicted octanol–water partition coefficient (Wildman–Crippen LogP) is 3.28. The Morgan fingerprint density at radius 1 is 1.19 bits per heavy atom. The first-order valence-corrected chi connectivity index (χ1v) is 11.7. The highest BCUT2D eigenvalue weighted by atomic mass is 35.5. The molecule has 6 rings (SSSR count). The zero-order valence-corrected chi connectivity index (χ0v) is 19.0. The van der Waals surface area contributed by atoms with Gasteiger partial charge in [-0.1, -0.05) is 17.7 Å². The van der Waals surface area contributed by atoms with Crippen molar-refractivity contribution in [2.45, 2.75) is 44.8 Å². The number of piperidine rings is 1. The highest BCUT2D eigenvalue weighted by Gasteiger charge is 2.36. The van der Waals surface area contributed by atoms with Gasteiger partial charge < -0.3 is 15.2 Å². The number of nitrogens with one attached hydrogen (secondary N) is 2. The number of fused-ring (bicyclic) bond motifs is 4. The molecule has 2 bridgehead atoms. The van der Waals surface area contributed by atoms with Crippen LogP contribution in [0.5, 0.6) is 0 Å². The summed E-state index contributed by atoms with van der Waals surface area (Å²) in [6.07, 6.45) is 7.27. The van der Waals surface area contributed by atoms with Crippen molar-refractivity contribution in [1.29, 1.82) is 0 Å². The number of aryl methyl sites for hydroxylation is 1. The maximum absolute atomic E-state index is 13.6. The average molecular weight is 452 g/mol. The Kier molecular flexibility index (Phi) is 4.55. The molecule has 0 radical (unpaired) electrons. The summed E-state index contributed by atoms with van der Waals surface area (Å²) in [6.45, 7) is 4.68. The molecule has 5 heterocycles. The Balaban J connectivity index is 1.51. The van der Waals surface area contributed by atoms with E-state index < -0.39 is 0 Å². The second kappa shape index (κ2) is 7.35. The van der Waals surface area contributed by atoms with E-state index in [1.54, 1.807) is 4.57 Å². The van der Waals surface area contributed by atoms with Crippen molar-refractivity contribution in [1.82, 2.24) is 29.6 Å². The molecule has 3 aromatic heterocycles. The molecule has 2 aliphatic rings. The van der Waals surface area contributed by atoms with Crippen LogP contribution in [0.2, 0.25) is 5.02 Å². The van der Waals surface area contributed by atoms with Gasteiger partial charge in [0.25, 0.3) is 5.56 Å². The van der Waals surface area contributed by atoms with Crippen LogP contribution in [0.3, 0.4) is 0 Å². The van der Waals surface area contributed by atoms with Crippen molar-refractivity contribution >= 4 is 39.5 Å². The van der Waals surface area contributed by atoms with E-state index in [-0.39, 0.29) is 5.56 Å². The number of hydrogen-bond donors (Lipinski definition) is 2. The van der Waals surface area contributed by atoms with Gasteiger partial charge in [0.2, 0.25) is 5.95 Å². The van der Waals surface area contributed by atoms with Gasteiger partial charge in [0, 0.05) is 67.7 Å². The minimum absolute atomic E-state index is 0.0572. The molecular weight excluding hydrogens is 426 g/mol.